The molecule has 1 spiro atoms. The SMILES string of the molecule is Cc1ccc2c(c1)C1(OC2=O)c2ccc(OS(=O)(=O)C(F)(F)F)cc2[Si](C)(C)c2cc(N3CC(F)C3)ccc21. The molecule has 6 rings (SSSR count). The van der Waals surface area contributed by atoms with Gasteiger partial charge in [0, 0.05) is 22.4 Å². The molecule has 6 nitrogen and oxygen atoms in total. The molecule has 39 heavy (non-hydrogen) atoms. The molecule has 0 amide bonds. The summed E-state index contributed by atoms with van der Waals surface area (Å²) >= 11 is 0. The smallest absolute Gasteiger partial charge is 0.441 e. The first-order valence-corrected chi connectivity index (χ1v) is 16.6. The zero-order chi connectivity index (χ0) is 28.1. The Hall–Kier alpha value is -3.38. The molecule has 12 heteroatoms. The van der Waals surface area contributed by atoms with Crippen LogP contribution in [0.25, 0.3) is 0 Å². The Kier molecular flexibility index (Phi) is 5.35. The van der Waals surface area contributed by atoms with Crippen LogP contribution in [-0.2, 0) is 20.5 Å². The number of ether oxygens (including phenoxy) is 1. The summed E-state index contributed by atoms with van der Waals surface area (Å²) in [5.41, 5.74) is -3.11. The number of nitrogens with zero attached hydrogens (tertiary/aromatic N) is 1. The molecule has 3 aliphatic rings. The van der Waals surface area contributed by atoms with E-state index in [4.69, 9.17) is 4.74 Å². The van der Waals surface area contributed by atoms with Crippen molar-refractivity contribution in [3.63, 3.8) is 0 Å². The lowest BCUT2D eigenvalue weighted by atomic mass is 9.78. The van der Waals surface area contributed by atoms with Crippen LogP contribution in [-0.4, -0.2) is 47.2 Å². The fraction of sp³-hybridized carbons (Fsp3) is 0.296. The second-order valence-corrected chi connectivity index (χ2v) is 16.5. The van der Waals surface area contributed by atoms with Gasteiger partial charge >= 0.3 is 21.6 Å². The Bertz CT molecular complexity index is 1670. The largest absolute Gasteiger partial charge is 0.534 e. The number of carbonyl (C=O) groups excluding carboxylic acids is 1. The first kappa shape index (κ1) is 25.9. The van der Waals surface area contributed by atoms with Crippen molar-refractivity contribution in [3.8, 4) is 5.75 Å². The van der Waals surface area contributed by atoms with Crippen molar-refractivity contribution in [1.29, 1.82) is 0 Å². The third-order valence-electron chi connectivity index (χ3n) is 7.81. The van der Waals surface area contributed by atoms with E-state index in [2.05, 4.69) is 4.18 Å². The number of hydrogen-bond donors (Lipinski definition) is 0. The van der Waals surface area contributed by atoms with E-state index in [1.807, 2.05) is 49.2 Å². The number of fused-ring (bicyclic) bond motifs is 6. The summed E-state index contributed by atoms with van der Waals surface area (Å²) in [6, 6.07) is 14.9. The third-order valence-corrected chi connectivity index (χ3v) is 12.3. The number of anilines is 1. The number of carbonyl (C=O) groups is 1. The predicted octanol–water partition coefficient (Wildman–Crippen LogP) is 3.98. The summed E-state index contributed by atoms with van der Waals surface area (Å²) in [5, 5.41) is 1.41. The van der Waals surface area contributed by atoms with E-state index in [1.165, 1.54) is 12.1 Å². The van der Waals surface area contributed by atoms with Gasteiger partial charge in [-0.05, 0) is 47.6 Å². The van der Waals surface area contributed by atoms with Crippen molar-refractivity contribution in [2.75, 3.05) is 18.0 Å². The van der Waals surface area contributed by atoms with Crippen LogP contribution in [0.5, 0.6) is 5.75 Å². The maximum absolute atomic E-state index is 13.7. The molecule has 3 aliphatic heterocycles. The van der Waals surface area contributed by atoms with Gasteiger partial charge < -0.3 is 13.8 Å². The minimum atomic E-state index is -5.90. The first-order valence-electron chi connectivity index (χ1n) is 12.2. The molecule has 0 radical (unpaired) electrons. The summed E-state index contributed by atoms with van der Waals surface area (Å²) in [4.78, 5) is 15.1. The Morgan fingerprint density at radius 1 is 0.974 bits per heavy atom. The average molecular weight is 578 g/mol. The standard InChI is InChI=1S/C27H23F4NO5SSi/c1-15-4-7-19-22(10-15)26(36-25(19)33)20-8-5-17(32-13-16(28)14-32)11-23(20)39(2,3)24-12-18(6-9-21(24)26)37-38(34,35)27(29,30)31/h4-12,16H,13-14H2,1-3H3. The van der Waals surface area contributed by atoms with Crippen molar-refractivity contribution in [2.45, 2.75) is 37.3 Å². The Morgan fingerprint density at radius 2 is 1.62 bits per heavy atom. The number of alkyl halides is 4. The normalized spacial score (nSPS) is 21.6. The maximum Gasteiger partial charge on any atom is 0.534 e. The number of halogens is 4. The van der Waals surface area contributed by atoms with Crippen molar-refractivity contribution in [1.82, 2.24) is 0 Å². The summed E-state index contributed by atoms with van der Waals surface area (Å²) < 4.78 is 87.2. The van der Waals surface area contributed by atoms with Gasteiger partial charge in [-0.3, -0.25) is 0 Å². The molecule has 0 aliphatic carbocycles. The van der Waals surface area contributed by atoms with E-state index < -0.39 is 47.2 Å². The van der Waals surface area contributed by atoms with Crippen LogP contribution in [0, 0.1) is 6.92 Å². The van der Waals surface area contributed by atoms with Crippen molar-refractivity contribution in [2.24, 2.45) is 0 Å². The molecule has 3 aromatic carbocycles. The molecule has 204 valence electrons. The quantitative estimate of drug-likeness (QED) is 0.154. The Labute approximate surface area is 223 Å². The highest BCUT2D eigenvalue weighted by Gasteiger charge is 2.56. The van der Waals surface area contributed by atoms with Crippen LogP contribution in [0.2, 0.25) is 13.1 Å². The maximum atomic E-state index is 13.7. The summed E-state index contributed by atoms with van der Waals surface area (Å²) in [5.74, 6) is -1.03. The van der Waals surface area contributed by atoms with Gasteiger partial charge in [-0.1, -0.05) is 42.9 Å². The highest BCUT2D eigenvalue weighted by molar-refractivity contribution is 7.88. The number of aryl methyl sites for hydroxylation is 1. The number of esters is 1. The minimum Gasteiger partial charge on any atom is -0.441 e. The lowest BCUT2D eigenvalue weighted by Gasteiger charge is -2.45. The molecule has 1 fully saturated rings. The van der Waals surface area contributed by atoms with Gasteiger partial charge in [0.05, 0.1) is 18.7 Å². The molecule has 3 aromatic rings. The second kappa shape index (κ2) is 8.07. The van der Waals surface area contributed by atoms with Gasteiger partial charge in [-0.25, -0.2) is 9.18 Å². The van der Waals surface area contributed by atoms with E-state index in [1.54, 1.807) is 12.1 Å². The number of benzene rings is 3. The summed E-state index contributed by atoms with van der Waals surface area (Å²) in [7, 11) is -8.68. The molecular weight excluding hydrogens is 554 g/mol. The Morgan fingerprint density at radius 3 is 2.26 bits per heavy atom. The van der Waals surface area contributed by atoms with Gasteiger partial charge in [0.15, 0.2) is 5.60 Å². The molecule has 1 unspecified atom stereocenters. The van der Waals surface area contributed by atoms with Crippen LogP contribution in [0.4, 0.5) is 23.2 Å². The zero-order valence-electron chi connectivity index (χ0n) is 21.1. The van der Waals surface area contributed by atoms with Gasteiger partial charge in [-0.2, -0.15) is 21.6 Å². The van der Waals surface area contributed by atoms with E-state index in [9.17, 15) is 30.8 Å². The molecule has 1 atom stereocenters. The van der Waals surface area contributed by atoms with Gasteiger partial charge in [0.25, 0.3) is 0 Å². The molecule has 0 saturated carbocycles. The van der Waals surface area contributed by atoms with Crippen LogP contribution in [0.3, 0.4) is 0 Å². The van der Waals surface area contributed by atoms with Gasteiger partial charge in [0.2, 0.25) is 0 Å². The second-order valence-electron chi connectivity index (χ2n) is 10.7. The molecule has 3 heterocycles. The summed E-state index contributed by atoms with van der Waals surface area (Å²) in [6.45, 7) is 6.32. The van der Waals surface area contributed by atoms with E-state index in [-0.39, 0.29) is 13.1 Å². The molecule has 1 saturated heterocycles. The molecule has 0 bridgehead atoms. The molecular formula is C27H23F4NO5SSi. The van der Waals surface area contributed by atoms with Gasteiger partial charge in [-0.15, -0.1) is 0 Å². The lowest BCUT2D eigenvalue weighted by Crippen LogP contribution is -2.63. The number of hydrogen-bond acceptors (Lipinski definition) is 6. The monoisotopic (exact) mass is 577 g/mol. The van der Waals surface area contributed by atoms with Gasteiger partial charge in [0.1, 0.15) is 20.0 Å². The highest BCUT2D eigenvalue weighted by atomic mass is 32.2. The van der Waals surface area contributed by atoms with Crippen LogP contribution in [0.1, 0.15) is 32.6 Å². The van der Waals surface area contributed by atoms with Crippen molar-refractivity contribution < 1.29 is 39.7 Å². The molecule has 0 aromatic heterocycles. The number of rotatable bonds is 3. The summed E-state index contributed by atoms with van der Waals surface area (Å²) in [6.07, 6.45) is -0.931. The van der Waals surface area contributed by atoms with Crippen LogP contribution < -0.4 is 19.5 Å². The van der Waals surface area contributed by atoms with Crippen molar-refractivity contribution >= 4 is 40.2 Å². The van der Waals surface area contributed by atoms with Crippen LogP contribution >= 0.6 is 0 Å². The Balaban J connectivity index is 1.61. The molecule has 0 N–H and O–H groups in total. The topological polar surface area (TPSA) is 72.9 Å². The van der Waals surface area contributed by atoms with E-state index in [0.717, 1.165) is 28.1 Å². The first-order chi connectivity index (χ1) is 18.1. The average Bonchev–Trinajstić information content (AvgIpc) is 3.12. The van der Waals surface area contributed by atoms with E-state index in [0.29, 0.717) is 21.9 Å². The van der Waals surface area contributed by atoms with Crippen LogP contribution in [0.15, 0.2) is 54.6 Å². The zero-order valence-corrected chi connectivity index (χ0v) is 22.9. The fourth-order valence-corrected chi connectivity index (χ4v) is 9.45. The third kappa shape index (κ3) is 3.64. The lowest BCUT2D eigenvalue weighted by molar-refractivity contribution is -0.0500. The predicted molar refractivity (Wildman–Crippen MR) is 139 cm³/mol. The highest BCUT2D eigenvalue weighted by Crippen LogP contribution is 2.49. The van der Waals surface area contributed by atoms with Crippen molar-refractivity contribution in [3.05, 3.63) is 82.4 Å². The van der Waals surface area contributed by atoms with E-state index >= 15 is 0 Å². The fourth-order valence-electron chi connectivity index (χ4n) is 5.83. The minimum absolute atomic E-state index is 0.243.